The van der Waals surface area contributed by atoms with E-state index in [1.807, 2.05) is 0 Å². The van der Waals surface area contributed by atoms with Crippen LogP contribution in [0.25, 0.3) is 0 Å². The molecule has 7 heteroatoms. The number of aromatic nitrogens is 2. The van der Waals surface area contributed by atoms with E-state index in [2.05, 4.69) is 43.5 Å². The predicted molar refractivity (Wildman–Crippen MR) is 110 cm³/mol. The molecule has 0 radical (unpaired) electrons. The molecule has 0 aliphatic carbocycles. The van der Waals surface area contributed by atoms with Crippen LogP contribution in [0.3, 0.4) is 0 Å². The van der Waals surface area contributed by atoms with Crippen molar-refractivity contribution in [2.75, 3.05) is 41.3 Å². The molecule has 0 unspecified atom stereocenters. The number of rotatable bonds is 5. The normalized spacial score (nSPS) is 17.6. The Labute approximate surface area is 166 Å². The van der Waals surface area contributed by atoms with E-state index in [9.17, 15) is 4.79 Å². The molecule has 0 spiro atoms. The average molecular weight is 383 g/mol. The number of anilines is 3. The Bertz CT molecular complexity index is 807. The summed E-state index contributed by atoms with van der Waals surface area (Å²) in [4.78, 5) is 21.6. The SMILES string of the molecule is Cc1nc(CC(=O)Nc2cc(N3CCCCC3)ccc2N2CCCCC2)no1. The van der Waals surface area contributed by atoms with Gasteiger partial charge in [0, 0.05) is 38.8 Å². The van der Waals surface area contributed by atoms with E-state index in [0.717, 1.165) is 37.6 Å². The van der Waals surface area contributed by atoms with Crippen LogP contribution >= 0.6 is 0 Å². The van der Waals surface area contributed by atoms with Gasteiger partial charge in [-0.05, 0) is 56.7 Å². The molecule has 2 fully saturated rings. The average Bonchev–Trinajstić information content (AvgIpc) is 3.13. The second kappa shape index (κ2) is 8.63. The molecular formula is C21H29N5O2. The van der Waals surface area contributed by atoms with Gasteiger partial charge in [0.15, 0.2) is 5.82 Å². The number of amides is 1. The first kappa shape index (κ1) is 18.8. The van der Waals surface area contributed by atoms with E-state index in [4.69, 9.17) is 4.52 Å². The smallest absolute Gasteiger partial charge is 0.232 e. The first-order valence-electron chi connectivity index (χ1n) is 10.4. The molecule has 1 aromatic heterocycles. The lowest BCUT2D eigenvalue weighted by Crippen LogP contribution is -2.32. The van der Waals surface area contributed by atoms with E-state index in [1.54, 1.807) is 6.92 Å². The van der Waals surface area contributed by atoms with E-state index in [1.165, 1.54) is 44.2 Å². The molecule has 0 bridgehead atoms. The van der Waals surface area contributed by atoms with Crippen LogP contribution in [0.4, 0.5) is 17.1 Å². The van der Waals surface area contributed by atoms with Crippen LogP contribution < -0.4 is 15.1 Å². The third-order valence-electron chi connectivity index (χ3n) is 5.56. The van der Waals surface area contributed by atoms with Gasteiger partial charge in [-0.15, -0.1) is 0 Å². The number of carbonyl (C=O) groups excluding carboxylic acids is 1. The molecule has 1 aromatic carbocycles. The number of benzene rings is 1. The van der Waals surface area contributed by atoms with Crippen LogP contribution in [0.15, 0.2) is 22.7 Å². The van der Waals surface area contributed by atoms with Crippen LogP contribution in [0.5, 0.6) is 0 Å². The zero-order valence-electron chi connectivity index (χ0n) is 16.6. The van der Waals surface area contributed by atoms with Gasteiger partial charge >= 0.3 is 0 Å². The zero-order chi connectivity index (χ0) is 19.3. The van der Waals surface area contributed by atoms with Crippen LogP contribution in [-0.2, 0) is 11.2 Å². The van der Waals surface area contributed by atoms with Crippen molar-refractivity contribution in [1.29, 1.82) is 0 Å². The number of nitrogens with one attached hydrogen (secondary N) is 1. The van der Waals surface area contributed by atoms with Gasteiger partial charge in [0.2, 0.25) is 11.8 Å². The number of piperidine rings is 2. The molecule has 2 aromatic rings. The highest BCUT2D eigenvalue weighted by Gasteiger charge is 2.19. The summed E-state index contributed by atoms with van der Waals surface area (Å²) in [5.74, 6) is 0.778. The molecule has 2 aliphatic rings. The summed E-state index contributed by atoms with van der Waals surface area (Å²) in [5, 5.41) is 6.95. The van der Waals surface area contributed by atoms with E-state index < -0.39 is 0 Å². The van der Waals surface area contributed by atoms with Gasteiger partial charge in [-0.1, -0.05) is 5.16 Å². The van der Waals surface area contributed by atoms with E-state index in [0.29, 0.717) is 11.7 Å². The first-order valence-corrected chi connectivity index (χ1v) is 10.4. The maximum atomic E-state index is 12.6. The zero-order valence-corrected chi connectivity index (χ0v) is 16.6. The number of aryl methyl sites for hydroxylation is 1. The van der Waals surface area contributed by atoms with Crippen molar-refractivity contribution in [3.63, 3.8) is 0 Å². The highest BCUT2D eigenvalue weighted by molar-refractivity contribution is 5.96. The standard InChI is InChI=1S/C21H29N5O2/c1-16-22-20(24-28-16)15-21(27)23-18-14-17(25-10-4-2-5-11-25)8-9-19(18)26-12-6-3-7-13-26/h8-9,14H,2-7,10-13,15H2,1H3,(H,23,27). The summed E-state index contributed by atoms with van der Waals surface area (Å²) in [6.07, 6.45) is 7.55. The minimum absolute atomic E-state index is 0.116. The van der Waals surface area contributed by atoms with Gasteiger partial charge in [0.1, 0.15) is 0 Å². The lowest BCUT2D eigenvalue weighted by Gasteiger charge is -2.33. The molecule has 1 N–H and O–H groups in total. The van der Waals surface area contributed by atoms with Gasteiger partial charge in [0.25, 0.3) is 0 Å². The molecule has 0 saturated carbocycles. The van der Waals surface area contributed by atoms with Crippen molar-refractivity contribution in [3.8, 4) is 0 Å². The topological polar surface area (TPSA) is 74.5 Å². The number of carbonyl (C=O) groups is 1. The van der Waals surface area contributed by atoms with Crippen molar-refractivity contribution in [2.24, 2.45) is 0 Å². The minimum atomic E-state index is -0.116. The van der Waals surface area contributed by atoms with E-state index >= 15 is 0 Å². The molecule has 1 amide bonds. The van der Waals surface area contributed by atoms with Crippen LogP contribution in [0, 0.1) is 6.92 Å². The molecular weight excluding hydrogens is 354 g/mol. The maximum Gasteiger partial charge on any atom is 0.232 e. The quantitative estimate of drug-likeness (QED) is 0.851. The van der Waals surface area contributed by atoms with Gasteiger partial charge in [-0.25, -0.2) is 0 Å². The van der Waals surface area contributed by atoms with Gasteiger partial charge in [-0.3, -0.25) is 4.79 Å². The van der Waals surface area contributed by atoms with Crippen molar-refractivity contribution < 1.29 is 9.32 Å². The van der Waals surface area contributed by atoms with Gasteiger partial charge in [-0.2, -0.15) is 4.98 Å². The Hall–Kier alpha value is -2.57. The Balaban J connectivity index is 1.56. The van der Waals surface area contributed by atoms with Crippen LogP contribution in [0.2, 0.25) is 0 Å². The third kappa shape index (κ3) is 4.46. The highest BCUT2D eigenvalue weighted by atomic mass is 16.5. The number of hydrogen-bond donors (Lipinski definition) is 1. The van der Waals surface area contributed by atoms with Crippen LogP contribution in [-0.4, -0.2) is 42.2 Å². The Morgan fingerprint density at radius 3 is 2.36 bits per heavy atom. The summed E-state index contributed by atoms with van der Waals surface area (Å²) >= 11 is 0. The Kier molecular flexibility index (Phi) is 5.78. The molecule has 0 atom stereocenters. The van der Waals surface area contributed by atoms with E-state index in [-0.39, 0.29) is 12.3 Å². The van der Waals surface area contributed by atoms with Crippen molar-refractivity contribution in [3.05, 3.63) is 29.9 Å². The molecule has 4 rings (SSSR count). The number of nitrogens with zero attached hydrogens (tertiary/aromatic N) is 4. The largest absolute Gasteiger partial charge is 0.371 e. The maximum absolute atomic E-state index is 12.6. The molecule has 2 saturated heterocycles. The fraction of sp³-hybridized carbons (Fsp3) is 0.571. The fourth-order valence-corrected chi connectivity index (χ4v) is 4.13. The molecule has 28 heavy (non-hydrogen) atoms. The lowest BCUT2D eigenvalue weighted by molar-refractivity contribution is -0.115. The summed E-state index contributed by atoms with van der Waals surface area (Å²) < 4.78 is 4.98. The fourth-order valence-electron chi connectivity index (χ4n) is 4.13. The van der Waals surface area contributed by atoms with Gasteiger partial charge < -0.3 is 19.6 Å². The lowest BCUT2D eigenvalue weighted by atomic mass is 10.1. The van der Waals surface area contributed by atoms with Crippen LogP contribution in [0.1, 0.15) is 50.2 Å². The second-order valence-corrected chi connectivity index (χ2v) is 7.75. The Morgan fingerprint density at radius 2 is 1.71 bits per heavy atom. The highest BCUT2D eigenvalue weighted by Crippen LogP contribution is 2.33. The summed E-state index contributed by atoms with van der Waals surface area (Å²) in [6, 6.07) is 6.51. The molecule has 150 valence electrons. The van der Waals surface area contributed by atoms with Gasteiger partial charge in [0.05, 0.1) is 17.8 Å². The summed E-state index contributed by atoms with van der Waals surface area (Å²) in [7, 11) is 0. The first-order chi connectivity index (χ1) is 13.7. The second-order valence-electron chi connectivity index (χ2n) is 7.75. The van der Waals surface area contributed by atoms with Crippen molar-refractivity contribution in [1.82, 2.24) is 10.1 Å². The van der Waals surface area contributed by atoms with Crippen molar-refractivity contribution in [2.45, 2.75) is 51.9 Å². The number of hydrogen-bond acceptors (Lipinski definition) is 6. The summed E-state index contributed by atoms with van der Waals surface area (Å²) in [6.45, 7) is 5.97. The third-order valence-corrected chi connectivity index (χ3v) is 5.56. The summed E-state index contributed by atoms with van der Waals surface area (Å²) in [5.41, 5.74) is 3.18. The monoisotopic (exact) mass is 383 g/mol. The molecule has 2 aliphatic heterocycles. The minimum Gasteiger partial charge on any atom is -0.371 e. The van der Waals surface area contributed by atoms with Crippen molar-refractivity contribution >= 4 is 23.0 Å². The molecule has 3 heterocycles. The molecule has 7 nitrogen and oxygen atoms in total. The Morgan fingerprint density at radius 1 is 1.04 bits per heavy atom. The predicted octanol–water partition coefficient (Wildman–Crippen LogP) is 3.54.